The van der Waals surface area contributed by atoms with E-state index in [0.717, 1.165) is 24.8 Å². The van der Waals surface area contributed by atoms with Crippen LogP contribution in [0.15, 0.2) is 30.3 Å². The van der Waals surface area contributed by atoms with Crippen molar-refractivity contribution in [2.75, 3.05) is 0 Å². The highest BCUT2D eigenvalue weighted by molar-refractivity contribution is 5.75. The Kier molecular flexibility index (Phi) is 5.70. The quantitative estimate of drug-likeness (QED) is 0.764. The third-order valence-corrected chi connectivity index (χ3v) is 2.91. The lowest BCUT2D eigenvalue weighted by Crippen LogP contribution is -2.36. The highest BCUT2D eigenvalue weighted by atomic mass is 16.4. The smallest absolute Gasteiger partial charge is 0.325 e. The van der Waals surface area contributed by atoms with Crippen LogP contribution in [-0.4, -0.2) is 17.1 Å². The molecule has 0 aliphatic rings. The molecule has 1 aromatic rings. The molecule has 0 saturated heterocycles. The summed E-state index contributed by atoms with van der Waals surface area (Å²) >= 11 is 0. The average molecular weight is 235 g/mol. The molecule has 0 radical (unpaired) electrons. The summed E-state index contributed by atoms with van der Waals surface area (Å²) in [5, 5.41) is 12.5. The Labute approximate surface area is 103 Å². The number of hydrogen-bond donors (Lipinski definition) is 2. The lowest BCUT2D eigenvalue weighted by Gasteiger charge is -2.22. The van der Waals surface area contributed by atoms with Crippen LogP contribution in [-0.2, 0) is 4.79 Å². The van der Waals surface area contributed by atoms with E-state index >= 15 is 0 Å². The van der Waals surface area contributed by atoms with Gasteiger partial charge >= 0.3 is 5.97 Å². The fourth-order valence-electron chi connectivity index (χ4n) is 1.95. The van der Waals surface area contributed by atoms with Gasteiger partial charge in [-0.05, 0) is 18.4 Å². The van der Waals surface area contributed by atoms with Gasteiger partial charge < -0.3 is 5.11 Å². The Morgan fingerprint density at radius 1 is 1.29 bits per heavy atom. The summed E-state index contributed by atoms with van der Waals surface area (Å²) in [4.78, 5) is 11.3. The van der Waals surface area contributed by atoms with Crippen LogP contribution < -0.4 is 5.32 Å². The third-order valence-electron chi connectivity index (χ3n) is 2.91. The monoisotopic (exact) mass is 235 g/mol. The minimum absolute atomic E-state index is 0.265. The van der Waals surface area contributed by atoms with Gasteiger partial charge in [0.1, 0.15) is 6.04 Å². The zero-order chi connectivity index (χ0) is 12.7. The first kappa shape index (κ1) is 13.7. The Morgan fingerprint density at radius 2 is 1.94 bits per heavy atom. The topological polar surface area (TPSA) is 49.3 Å². The summed E-state index contributed by atoms with van der Waals surface area (Å²) < 4.78 is 0. The SMILES string of the molecule is CCCC(CC)NC(C(=O)O)c1ccccc1. The van der Waals surface area contributed by atoms with Gasteiger partial charge in [0.05, 0.1) is 0 Å². The standard InChI is InChI=1S/C14H21NO2/c1-3-8-12(4-2)15-13(14(16)17)11-9-6-5-7-10-11/h5-7,9-10,12-13,15H,3-4,8H2,1-2H3,(H,16,17). The first-order valence-electron chi connectivity index (χ1n) is 6.22. The lowest BCUT2D eigenvalue weighted by atomic mass is 10.0. The molecule has 0 bridgehead atoms. The first-order valence-corrected chi connectivity index (χ1v) is 6.22. The molecule has 2 unspecified atom stereocenters. The molecule has 0 aliphatic carbocycles. The molecule has 0 amide bonds. The number of carboxylic acid groups (broad SMARTS) is 1. The van der Waals surface area contributed by atoms with E-state index in [1.165, 1.54) is 0 Å². The van der Waals surface area contributed by atoms with Crippen molar-refractivity contribution in [2.24, 2.45) is 0 Å². The molecule has 94 valence electrons. The van der Waals surface area contributed by atoms with E-state index in [1.807, 2.05) is 30.3 Å². The predicted octanol–water partition coefficient (Wildman–Crippen LogP) is 2.98. The normalized spacial score (nSPS) is 14.2. The van der Waals surface area contributed by atoms with Crippen LogP contribution in [0.25, 0.3) is 0 Å². The molecule has 3 nitrogen and oxygen atoms in total. The first-order chi connectivity index (χ1) is 8.19. The summed E-state index contributed by atoms with van der Waals surface area (Å²) in [7, 11) is 0. The van der Waals surface area contributed by atoms with Crippen molar-refractivity contribution in [3.05, 3.63) is 35.9 Å². The Bertz CT molecular complexity index is 337. The molecular formula is C14H21NO2. The van der Waals surface area contributed by atoms with Gasteiger partial charge in [0, 0.05) is 6.04 Å². The maximum absolute atomic E-state index is 11.3. The number of aliphatic carboxylic acids is 1. The van der Waals surface area contributed by atoms with Gasteiger partial charge in [0.25, 0.3) is 0 Å². The zero-order valence-electron chi connectivity index (χ0n) is 10.5. The van der Waals surface area contributed by atoms with E-state index in [2.05, 4.69) is 19.2 Å². The van der Waals surface area contributed by atoms with Crippen LogP contribution in [0.1, 0.15) is 44.7 Å². The maximum atomic E-state index is 11.3. The second-order valence-electron chi connectivity index (χ2n) is 4.24. The van der Waals surface area contributed by atoms with Crippen molar-refractivity contribution in [3.63, 3.8) is 0 Å². The molecule has 0 aliphatic heterocycles. The van der Waals surface area contributed by atoms with Crippen LogP contribution in [0.3, 0.4) is 0 Å². The molecule has 17 heavy (non-hydrogen) atoms. The molecule has 0 heterocycles. The van der Waals surface area contributed by atoms with Crippen molar-refractivity contribution in [3.8, 4) is 0 Å². The van der Waals surface area contributed by atoms with E-state index in [4.69, 9.17) is 0 Å². The molecule has 0 spiro atoms. The van der Waals surface area contributed by atoms with Gasteiger partial charge in [-0.15, -0.1) is 0 Å². The average Bonchev–Trinajstić information content (AvgIpc) is 2.35. The number of nitrogens with one attached hydrogen (secondary N) is 1. The van der Waals surface area contributed by atoms with Crippen molar-refractivity contribution in [1.82, 2.24) is 5.32 Å². The van der Waals surface area contributed by atoms with Gasteiger partial charge in [-0.2, -0.15) is 0 Å². The largest absolute Gasteiger partial charge is 0.480 e. The van der Waals surface area contributed by atoms with Crippen LogP contribution >= 0.6 is 0 Å². The minimum atomic E-state index is -0.814. The van der Waals surface area contributed by atoms with E-state index in [9.17, 15) is 9.90 Å². The molecule has 0 saturated carbocycles. The fraction of sp³-hybridized carbons (Fsp3) is 0.500. The van der Waals surface area contributed by atoms with Gasteiger partial charge in [-0.3, -0.25) is 10.1 Å². The minimum Gasteiger partial charge on any atom is -0.480 e. The van der Waals surface area contributed by atoms with Gasteiger partial charge in [-0.25, -0.2) is 0 Å². The van der Waals surface area contributed by atoms with Crippen LogP contribution in [0, 0.1) is 0 Å². The Hall–Kier alpha value is -1.35. The van der Waals surface area contributed by atoms with Gasteiger partial charge in [0.2, 0.25) is 0 Å². The summed E-state index contributed by atoms with van der Waals surface area (Å²) in [6.07, 6.45) is 3.02. The molecule has 3 heteroatoms. The van der Waals surface area contributed by atoms with Crippen molar-refractivity contribution >= 4 is 5.97 Å². The van der Waals surface area contributed by atoms with Crippen molar-refractivity contribution in [1.29, 1.82) is 0 Å². The fourth-order valence-corrected chi connectivity index (χ4v) is 1.95. The van der Waals surface area contributed by atoms with Crippen molar-refractivity contribution < 1.29 is 9.90 Å². The highest BCUT2D eigenvalue weighted by Crippen LogP contribution is 2.15. The molecule has 1 rings (SSSR count). The third kappa shape index (κ3) is 4.19. The molecule has 2 N–H and O–H groups in total. The number of rotatable bonds is 7. The van der Waals surface area contributed by atoms with E-state index in [1.54, 1.807) is 0 Å². The van der Waals surface area contributed by atoms with E-state index < -0.39 is 12.0 Å². The summed E-state index contributed by atoms with van der Waals surface area (Å²) in [6.45, 7) is 4.19. The molecule has 1 aromatic carbocycles. The second kappa shape index (κ2) is 7.07. The van der Waals surface area contributed by atoms with Crippen LogP contribution in [0.2, 0.25) is 0 Å². The maximum Gasteiger partial charge on any atom is 0.325 e. The zero-order valence-corrected chi connectivity index (χ0v) is 10.5. The Balaban J connectivity index is 2.77. The van der Waals surface area contributed by atoms with E-state index in [0.29, 0.717) is 0 Å². The molecule has 2 atom stereocenters. The number of carboxylic acids is 1. The number of carbonyl (C=O) groups is 1. The summed E-state index contributed by atoms with van der Waals surface area (Å²) in [5.41, 5.74) is 0.814. The van der Waals surface area contributed by atoms with Crippen LogP contribution in [0.5, 0.6) is 0 Å². The Morgan fingerprint density at radius 3 is 2.41 bits per heavy atom. The molecule has 0 fully saturated rings. The summed E-state index contributed by atoms with van der Waals surface area (Å²) in [5.74, 6) is -0.814. The lowest BCUT2D eigenvalue weighted by molar-refractivity contribution is -0.139. The summed E-state index contributed by atoms with van der Waals surface area (Å²) in [6, 6.07) is 9.00. The van der Waals surface area contributed by atoms with E-state index in [-0.39, 0.29) is 6.04 Å². The predicted molar refractivity (Wildman–Crippen MR) is 68.9 cm³/mol. The van der Waals surface area contributed by atoms with Gasteiger partial charge in [0.15, 0.2) is 0 Å². The van der Waals surface area contributed by atoms with Crippen molar-refractivity contribution in [2.45, 2.75) is 45.2 Å². The number of hydrogen-bond acceptors (Lipinski definition) is 2. The second-order valence-corrected chi connectivity index (χ2v) is 4.24. The van der Waals surface area contributed by atoms with Crippen LogP contribution in [0.4, 0.5) is 0 Å². The highest BCUT2D eigenvalue weighted by Gasteiger charge is 2.21. The molecule has 0 aromatic heterocycles. The van der Waals surface area contributed by atoms with Gasteiger partial charge in [-0.1, -0.05) is 50.6 Å². The number of benzene rings is 1. The molecular weight excluding hydrogens is 214 g/mol.